The number of H-pyrrole nitrogens is 1. The molecule has 0 fully saturated rings. The molecule has 1 aromatic heterocycles. The van der Waals surface area contributed by atoms with E-state index in [0.29, 0.717) is 29.1 Å². The first-order valence-corrected chi connectivity index (χ1v) is 16.1. The topological polar surface area (TPSA) is 114 Å². The van der Waals surface area contributed by atoms with Crippen molar-refractivity contribution in [1.29, 1.82) is 0 Å². The van der Waals surface area contributed by atoms with Crippen LogP contribution in [-0.2, 0) is 0 Å². The lowest BCUT2D eigenvalue weighted by atomic mass is 9.96. The van der Waals surface area contributed by atoms with Gasteiger partial charge in [-0.25, -0.2) is 9.59 Å². The number of carbonyl (C=O) groups is 3. The van der Waals surface area contributed by atoms with Crippen molar-refractivity contribution in [3.8, 4) is 23.0 Å². The lowest BCUT2D eigenvalue weighted by Gasteiger charge is -2.19. The molecule has 0 atom stereocenters. The number of nitrogens with zero attached hydrogens (tertiary/aromatic N) is 3. The number of fused-ring (bicyclic) bond motifs is 2. The van der Waals surface area contributed by atoms with Crippen molar-refractivity contribution >= 4 is 45.8 Å². The molecule has 1 aliphatic heterocycles. The first-order valence-electron chi connectivity index (χ1n) is 16.1. The van der Waals surface area contributed by atoms with Crippen LogP contribution in [0.4, 0.5) is 21.0 Å². The number of ketones is 1. The lowest BCUT2D eigenvalue weighted by molar-refractivity contribution is 0.101. The Kier molecular flexibility index (Phi) is 9.87. The van der Waals surface area contributed by atoms with Gasteiger partial charge in [-0.1, -0.05) is 36.4 Å². The second-order valence-electron chi connectivity index (χ2n) is 12.1. The molecule has 1 aliphatic rings. The molecule has 0 spiro atoms. The Balaban J connectivity index is 1.43. The molecule has 0 bridgehead atoms. The van der Waals surface area contributed by atoms with Gasteiger partial charge in [0.05, 0.1) is 7.11 Å². The summed E-state index contributed by atoms with van der Waals surface area (Å²) in [6, 6.07) is 26.5. The number of para-hydroxylation sites is 2. The Bertz CT molecular complexity index is 2070. The second kappa shape index (κ2) is 14.6. The molecule has 2 amide bonds. The van der Waals surface area contributed by atoms with E-state index in [9.17, 15) is 14.4 Å². The molecule has 11 nitrogen and oxygen atoms in total. The number of amides is 2. The average Bonchev–Trinajstić information content (AvgIpc) is 3.70. The highest BCUT2D eigenvalue weighted by Crippen LogP contribution is 2.45. The van der Waals surface area contributed by atoms with Gasteiger partial charge in [-0.2, -0.15) is 0 Å². The monoisotopic (exact) mass is 674 g/mol. The van der Waals surface area contributed by atoms with E-state index in [1.807, 2.05) is 62.8 Å². The van der Waals surface area contributed by atoms with Crippen LogP contribution < -0.4 is 28.7 Å². The van der Waals surface area contributed by atoms with Gasteiger partial charge in [-0.05, 0) is 75.9 Å². The number of nitrogens with one attached hydrogen (secondary N) is 1. The number of aromatic amines is 1. The third kappa shape index (κ3) is 7.03. The van der Waals surface area contributed by atoms with Crippen LogP contribution in [0.5, 0.6) is 23.0 Å². The van der Waals surface area contributed by atoms with Crippen LogP contribution in [0.25, 0.3) is 16.5 Å². The maximum absolute atomic E-state index is 14.4. The summed E-state index contributed by atoms with van der Waals surface area (Å²) in [5.41, 5.74) is 3.57. The van der Waals surface area contributed by atoms with Crippen LogP contribution in [0.2, 0.25) is 0 Å². The van der Waals surface area contributed by atoms with Gasteiger partial charge >= 0.3 is 12.2 Å². The van der Waals surface area contributed by atoms with Crippen molar-refractivity contribution < 1.29 is 33.3 Å². The highest BCUT2D eigenvalue weighted by molar-refractivity contribution is 6.19. The number of anilines is 2. The third-order valence-electron chi connectivity index (χ3n) is 8.44. The van der Waals surface area contributed by atoms with Gasteiger partial charge in [0, 0.05) is 65.8 Å². The van der Waals surface area contributed by atoms with E-state index in [1.165, 1.54) is 21.9 Å². The number of rotatable bonds is 10. The Labute approximate surface area is 290 Å². The normalized spacial score (nSPS) is 13.1. The number of methoxy groups -OCH3 is 1. The van der Waals surface area contributed by atoms with Crippen molar-refractivity contribution in [3.05, 3.63) is 114 Å². The van der Waals surface area contributed by atoms with Crippen LogP contribution in [0.15, 0.2) is 103 Å². The van der Waals surface area contributed by atoms with Gasteiger partial charge in [0.25, 0.3) is 0 Å². The maximum Gasteiger partial charge on any atom is 0.419 e. The van der Waals surface area contributed by atoms with Crippen LogP contribution in [0.1, 0.15) is 28.8 Å². The lowest BCUT2D eigenvalue weighted by Crippen LogP contribution is -2.30. The molecule has 256 valence electrons. The van der Waals surface area contributed by atoms with Crippen LogP contribution >= 0.6 is 0 Å². The summed E-state index contributed by atoms with van der Waals surface area (Å²) in [5.74, 6) is 0.338. The van der Waals surface area contributed by atoms with E-state index < -0.39 is 18.0 Å². The zero-order chi connectivity index (χ0) is 35.4. The van der Waals surface area contributed by atoms with Crippen LogP contribution in [-0.4, -0.2) is 69.7 Å². The fraction of sp³-hybridized carbons (Fsp3) is 0.205. The average molecular weight is 675 g/mol. The molecule has 0 unspecified atom stereocenters. The molecule has 0 saturated heterocycles. The summed E-state index contributed by atoms with van der Waals surface area (Å²) in [6.07, 6.45) is 1.65. The summed E-state index contributed by atoms with van der Waals surface area (Å²) in [5, 5.41) is 0.860. The summed E-state index contributed by atoms with van der Waals surface area (Å²) in [7, 11) is 8.72. The molecular weight excluding hydrogens is 636 g/mol. The van der Waals surface area contributed by atoms with Crippen LogP contribution in [0.3, 0.4) is 0 Å². The molecule has 50 heavy (non-hydrogen) atoms. The number of hydrogen-bond donors (Lipinski definition) is 1. The van der Waals surface area contributed by atoms with Gasteiger partial charge < -0.3 is 28.8 Å². The van der Waals surface area contributed by atoms with Crippen molar-refractivity contribution in [1.82, 2.24) is 9.88 Å². The standard InChI is InChI=1S/C39H38N4O7/c1-41(2)20-12-17-29(31-24-40-32-19-18-27(47-5)21-30(31)32)37-36(44)35-33(49-37)22-28(48-38(45)42(3)25-13-8-6-9-14-25)23-34(35)50-39(46)43(4)26-15-10-7-11-16-26/h6-11,13-16,18-19,21-24,40H,12,17,20H2,1-5H3/b37-29-. The number of ether oxygens (including phenoxy) is 4. The van der Waals surface area contributed by atoms with E-state index in [2.05, 4.69) is 9.88 Å². The number of benzene rings is 4. The first-order chi connectivity index (χ1) is 24.1. The third-order valence-corrected chi connectivity index (χ3v) is 8.44. The van der Waals surface area contributed by atoms with Crippen molar-refractivity contribution in [2.45, 2.75) is 12.8 Å². The first kappa shape index (κ1) is 33.8. The van der Waals surface area contributed by atoms with Crippen LogP contribution in [0, 0.1) is 0 Å². The van der Waals surface area contributed by atoms with E-state index in [1.54, 1.807) is 57.6 Å². The minimum absolute atomic E-state index is 0.0294. The van der Waals surface area contributed by atoms with E-state index >= 15 is 0 Å². The molecule has 0 radical (unpaired) electrons. The molecule has 6 rings (SSSR count). The Morgan fingerprint density at radius 3 is 2.04 bits per heavy atom. The van der Waals surface area contributed by atoms with Gasteiger partial charge in [-0.3, -0.25) is 14.6 Å². The minimum atomic E-state index is -0.747. The van der Waals surface area contributed by atoms with Gasteiger partial charge in [0.1, 0.15) is 22.8 Å². The van der Waals surface area contributed by atoms with Gasteiger partial charge in [0.2, 0.25) is 5.78 Å². The Morgan fingerprint density at radius 1 is 0.780 bits per heavy atom. The maximum atomic E-state index is 14.4. The molecule has 4 aromatic carbocycles. The number of Topliss-reactive ketones (excluding diaryl/α,β-unsaturated/α-hetero) is 1. The van der Waals surface area contributed by atoms with Crippen molar-refractivity contribution in [2.75, 3.05) is 51.6 Å². The molecule has 11 heteroatoms. The molecule has 0 saturated carbocycles. The van der Waals surface area contributed by atoms with Gasteiger partial charge in [0.15, 0.2) is 11.5 Å². The minimum Gasteiger partial charge on any atom is -0.497 e. The zero-order valence-electron chi connectivity index (χ0n) is 28.6. The number of aromatic nitrogens is 1. The fourth-order valence-corrected chi connectivity index (χ4v) is 5.74. The predicted octanol–water partition coefficient (Wildman–Crippen LogP) is 7.78. The molecule has 5 aromatic rings. The van der Waals surface area contributed by atoms with Crippen molar-refractivity contribution in [3.63, 3.8) is 0 Å². The quantitative estimate of drug-likeness (QED) is 0.150. The highest BCUT2D eigenvalue weighted by atomic mass is 16.6. The SMILES string of the molecule is COc1ccc2[nH]cc(/C(CCCN(C)C)=C3\Oc4cc(OC(=O)N(C)c5ccccc5)cc(OC(=O)N(C)c5ccccc5)c4C3=O)c2c1. The summed E-state index contributed by atoms with van der Waals surface area (Å²) >= 11 is 0. The predicted molar refractivity (Wildman–Crippen MR) is 193 cm³/mol. The molecule has 0 aliphatic carbocycles. The fourth-order valence-electron chi connectivity index (χ4n) is 5.74. The van der Waals surface area contributed by atoms with Gasteiger partial charge in [-0.15, -0.1) is 0 Å². The summed E-state index contributed by atoms with van der Waals surface area (Å²) in [4.78, 5) is 49.1. The molecular formula is C39H38N4O7. The smallest absolute Gasteiger partial charge is 0.419 e. The second-order valence-corrected chi connectivity index (χ2v) is 12.1. The van der Waals surface area contributed by atoms with E-state index in [4.69, 9.17) is 18.9 Å². The largest absolute Gasteiger partial charge is 0.497 e. The summed E-state index contributed by atoms with van der Waals surface area (Å²) < 4.78 is 23.5. The highest BCUT2D eigenvalue weighted by Gasteiger charge is 2.37. The number of carbonyl (C=O) groups excluding carboxylic acids is 3. The zero-order valence-corrected chi connectivity index (χ0v) is 28.6. The number of allylic oxidation sites excluding steroid dienone is 2. The Morgan fingerprint density at radius 2 is 1.42 bits per heavy atom. The van der Waals surface area contributed by atoms with Crippen molar-refractivity contribution in [2.24, 2.45) is 0 Å². The van der Waals surface area contributed by atoms with E-state index in [-0.39, 0.29) is 28.6 Å². The Hall–Kier alpha value is -6.07. The molecule has 1 N–H and O–H groups in total. The van der Waals surface area contributed by atoms with E-state index in [0.717, 1.165) is 29.4 Å². The number of hydrogen-bond acceptors (Lipinski definition) is 8. The molecule has 2 heterocycles. The summed E-state index contributed by atoms with van der Waals surface area (Å²) in [6.45, 7) is 0.771.